The van der Waals surface area contributed by atoms with Crippen LogP contribution >= 0.6 is 0 Å². The number of carbonyl (C=O) groups is 2. The second-order valence-corrected chi connectivity index (χ2v) is 6.82. The molecule has 30 heavy (non-hydrogen) atoms. The van der Waals surface area contributed by atoms with E-state index in [0.717, 1.165) is 11.3 Å². The molecule has 0 bridgehead atoms. The number of rotatable bonds is 8. The van der Waals surface area contributed by atoms with E-state index < -0.39 is 0 Å². The van der Waals surface area contributed by atoms with Crippen LogP contribution in [0.25, 0.3) is 0 Å². The molecule has 0 fully saturated rings. The molecular weight excluding hydrogens is 380 g/mol. The lowest BCUT2D eigenvalue weighted by molar-refractivity contribution is -0.118. The third kappa shape index (κ3) is 5.81. The SMILES string of the molecule is CN(C)c1ccc(NC(=O)COc2ccccc2)cc1C(=O)NCc1cccnc1. The minimum atomic E-state index is -0.307. The average molecular weight is 404 g/mol. The largest absolute Gasteiger partial charge is 0.484 e. The first-order valence-corrected chi connectivity index (χ1v) is 9.49. The number of pyridine rings is 1. The van der Waals surface area contributed by atoms with Gasteiger partial charge >= 0.3 is 0 Å². The van der Waals surface area contributed by atoms with Crippen LogP contribution in [-0.4, -0.2) is 37.5 Å². The molecule has 0 saturated carbocycles. The number of benzene rings is 2. The van der Waals surface area contributed by atoms with Crippen molar-refractivity contribution in [3.63, 3.8) is 0 Å². The van der Waals surface area contributed by atoms with Crippen LogP contribution in [0.3, 0.4) is 0 Å². The van der Waals surface area contributed by atoms with Crippen LogP contribution in [0.5, 0.6) is 5.75 Å². The molecule has 0 unspecified atom stereocenters. The van der Waals surface area contributed by atoms with Gasteiger partial charge in [-0.25, -0.2) is 0 Å². The van der Waals surface area contributed by atoms with Gasteiger partial charge in [0.05, 0.1) is 5.56 Å². The Bertz CT molecular complexity index is 992. The van der Waals surface area contributed by atoms with Crippen LogP contribution in [0.2, 0.25) is 0 Å². The van der Waals surface area contributed by atoms with Gasteiger partial charge in [-0.3, -0.25) is 14.6 Å². The fourth-order valence-electron chi connectivity index (χ4n) is 2.83. The Morgan fingerprint density at radius 3 is 2.53 bits per heavy atom. The van der Waals surface area contributed by atoms with E-state index in [9.17, 15) is 9.59 Å². The molecule has 7 heteroatoms. The molecule has 0 aliphatic heterocycles. The van der Waals surface area contributed by atoms with Gasteiger partial charge in [0.15, 0.2) is 6.61 Å². The fraction of sp³-hybridized carbons (Fsp3) is 0.174. The quantitative estimate of drug-likeness (QED) is 0.603. The second-order valence-electron chi connectivity index (χ2n) is 6.82. The first-order chi connectivity index (χ1) is 14.5. The van der Waals surface area contributed by atoms with Crippen LogP contribution < -0.4 is 20.3 Å². The van der Waals surface area contributed by atoms with Gasteiger partial charge in [0.25, 0.3) is 11.8 Å². The Morgan fingerprint density at radius 2 is 1.83 bits per heavy atom. The van der Waals surface area contributed by atoms with E-state index in [-0.39, 0.29) is 18.4 Å². The lowest BCUT2D eigenvalue weighted by Crippen LogP contribution is -2.26. The van der Waals surface area contributed by atoms with Crippen molar-refractivity contribution in [1.29, 1.82) is 0 Å². The predicted octanol–water partition coefficient (Wildman–Crippen LogP) is 3.10. The van der Waals surface area contributed by atoms with Gasteiger partial charge in [-0.1, -0.05) is 24.3 Å². The highest BCUT2D eigenvalue weighted by Gasteiger charge is 2.15. The number of nitrogens with one attached hydrogen (secondary N) is 2. The number of aromatic nitrogens is 1. The van der Waals surface area contributed by atoms with Crippen molar-refractivity contribution < 1.29 is 14.3 Å². The molecule has 0 radical (unpaired) electrons. The van der Waals surface area contributed by atoms with Gasteiger partial charge in [0.1, 0.15) is 5.75 Å². The lowest BCUT2D eigenvalue weighted by Gasteiger charge is -2.18. The summed E-state index contributed by atoms with van der Waals surface area (Å²) in [7, 11) is 3.72. The van der Waals surface area contributed by atoms with E-state index in [1.165, 1.54) is 0 Å². The number of para-hydroxylation sites is 1. The highest BCUT2D eigenvalue weighted by atomic mass is 16.5. The molecule has 3 aromatic rings. The fourth-order valence-corrected chi connectivity index (χ4v) is 2.83. The maximum atomic E-state index is 12.8. The van der Waals surface area contributed by atoms with Crippen LogP contribution in [0.15, 0.2) is 73.1 Å². The Labute approximate surface area is 175 Å². The normalized spacial score (nSPS) is 10.2. The molecule has 2 N–H and O–H groups in total. The molecule has 7 nitrogen and oxygen atoms in total. The maximum Gasteiger partial charge on any atom is 0.262 e. The number of carbonyl (C=O) groups excluding carboxylic acids is 2. The molecule has 0 aliphatic rings. The second kappa shape index (κ2) is 10.1. The Morgan fingerprint density at radius 1 is 1.03 bits per heavy atom. The van der Waals surface area contributed by atoms with Gasteiger partial charge in [-0.2, -0.15) is 0 Å². The van der Waals surface area contributed by atoms with Crippen molar-refractivity contribution in [2.24, 2.45) is 0 Å². The van der Waals surface area contributed by atoms with E-state index in [4.69, 9.17) is 4.74 Å². The minimum absolute atomic E-state index is 0.123. The summed E-state index contributed by atoms with van der Waals surface area (Å²) in [5.74, 6) is 0.0726. The molecule has 1 heterocycles. The number of anilines is 2. The topological polar surface area (TPSA) is 83.6 Å². The van der Waals surface area contributed by atoms with Crippen molar-refractivity contribution in [3.05, 3.63) is 84.2 Å². The first-order valence-electron chi connectivity index (χ1n) is 9.49. The van der Waals surface area contributed by atoms with Crippen molar-refractivity contribution >= 4 is 23.2 Å². The predicted molar refractivity (Wildman–Crippen MR) is 117 cm³/mol. The summed E-state index contributed by atoms with van der Waals surface area (Å²) in [5.41, 5.74) is 2.64. The molecular formula is C23H24N4O3. The molecule has 0 atom stereocenters. The summed E-state index contributed by atoms with van der Waals surface area (Å²) in [5, 5.41) is 5.67. The summed E-state index contributed by atoms with van der Waals surface area (Å²) in [4.78, 5) is 30.9. The highest BCUT2D eigenvalue weighted by molar-refractivity contribution is 6.02. The zero-order valence-electron chi connectivity index (χ0n) is 17.0. The van der Waals surface area contributed by atoms with E-state index in [1.807, 2.05) is 49.3 Å². The number of amides is 2. The van der Waals surface area contributed by atoms with E-state index in [2.05, 4.69) is 15.6 Å². The summed E-state index contributed by atoms with van der Waals surface area (Å²) < 4.78 is 5.46. The van der Waals surface area contributed by atoms with Crippen LogP contribution in [-0.2, 0) is 11.3 Å². The van der Waals surface area contributed by atoms with Crippen molar-refractivity contribution in [1.82, 2.24) is 10.3 Å². The smallest absolute Gasteiger partial charge is 0.262 e. The van der Waals surface area contributed by atoms with Crippen molar-refractivity contribution in [3.8, 4) is 5.75 Å². The summed E-state index contributed by atoms with van der Waals surface area (Å²) >= 11 is 0. The lowest BCUT2D eigenvalue weighted by atomic mass is 10.1. The highest BCUT2D eigenvalue weighted by Crippen LogP contribution is 2.23. The number of hydrogen-bond donors (Lipinski definition) is 2. The number of nitrogens with zero attached hydrogens (tertiary/aromatic N) is 2. The van der Waals surface area contributed by atoms with Crippen LogP contribution in [0.4, 0.5) is 11.4 Å². The van der Waals surface area contributed by atoms with Gasteiger partial charge in [0.2, 0.25) is 0 Å². The van der Waals surface area contributed by atoms with Crippen LogP contribution in [0.1, 0.15) is 15.9 Å². The maximum absolute atomic E-state index is 12.8. The van der Waals surface area contributed by atoms with Crippen molar-refractivity contribution in [2.75, 3.05) is 30.9 Å². The zero-order valence-corrected chi connectivity index (χ0v) is 17.0. The van der Waals surface area contributed by atoms with Gasteiger partial charge in [0, 0.05) is 44.4 Å². The Hall–Kier alpha value is -3.87. The van der Waals surface area contributed by atoms with E-state index in [1.54, 1.807) is 42.7 Å². The van der Waals surface area contributed by atoms with Crippen LogP contribution in [0, 0.1) is 0 Å². The van der Waals surface area contributed by atoms with Gasteiger partial charge in [-0.05, 0) is 42.0 Å². The molecule has 2 aromatic carbocycles. The Kier molecular flexibility index (Phi) is 7.00. The van der Waals surface area contributed by atoms with E-state index in [0.29, 0.717) is 23.5 Å². The first kappa shape index (κ1) is 20.9. The minimum Gasteiger partial charge on any atom is -0.484 e. The number of ether oxygens (including phenoxy) is 1. The standard InChI is InChI=1S/C23H24N4O3/c1-27(2)21-11-10-18(26-22(28)16-30-19-8-4-3-5-9-19)13-20(21)23(29)25-15-17-7-6-12-24-14-17/h3-14H,15-16H2,1-2H3,(H,25,29)(H,26,28). The third-order valence-corrected chi connectivity index (χ3v) is 4.30. The third-order valence-electron chi connectivity index (χ3n) is 4.30. The zero-order chi connectivity index (χ0) is 21.3. The summed E-state index contributed by atoms with van der Waals surface area (Å²) in [6.45, 7) is 0.239. The monoisotopic (exact) mass is 404 g/mol. The Balaban J connectivity index is 1.67. The van der Waals surface area contributed by atoms with Gasteiger partial charge in [-0.15, -0.1) is 0 Å². The van der Waals surface area contributed by atoms with Gasteiger partial charge < -0.3 is 20.3 Å². The molecule has 1 aromatic heterocycles. The molecule has 3 rings (SSSR count). The molecule has 154 valence electrons. The average Bonchev–Trinajstić information content (AvgIpc) is 2.77. The van der Waals surface area contributed by atoms with E-state index >= 15 is 0 Å². The molecule has 0 saturated heterocycles. The number of hydrogen-bond acceptors (Lipinski definition) is 5. The molecule has 0 aliphatic carbocycles. The van der Waals surface area contributed by atoms with Crippen molar-refractivity contribution in [2.45, 2.75) is 6.54 Å². The summed E-state index contributed by atoms with van der Waals surface area (Å²) in [6, 6.07) is 18.0. The molecule has 0 spiro atoms. The molecule has 2 amide bonds. The summed E-state index contributed by atoms with van der Waals surface area (Å²) in [6.07, 6.45) is 3.39.